The van der Waals surface area contributed by atoms with E-state index >= 15 is 0 Å². The molecule has 0 radical (unpaired) electrons. The second-order valence-corrected chi connectivity index (χ2v) is 6.66. The molecule has 0 bridgehead atoms. The lowest BCUT2D eigenvalue weighted by atomic mass is 10.1. The molecular formula is C20H24N4O4. The largest absolute Gasteiger partial charge is 0.496 e. The molecule has 2 heterocycles. The van der Waals surface area contributed by atoms with Crippen LogP contribution in [0.15, 0.2) is 42.6 Å². The Hall–Kier alpha value is -3.29. The lowest BCUT2D eigenvalue weighted by molar-refractivity contribution is -0.128. The summed E-state index contributed by atoms with van der Waals surface area (Å²) in [5, 5.41) is 5.49. The fourth-order valence-corrected chi connectivity index (χ4v) is 3.16. The maximum atomic E-state index is 12.6. The van der Waals surface area contributed by atoms with Gasteiger partial charge in [-0.1, -0.05) is 18.2 Å². The summed E-state index contributed by atoms with van der Waals surface area (Å²) in [6.07, 6.45) is 2.32. The lowest BCUT2D eigenvalue weighted by Crippen LogP contribution is -2.32. The molecule has 1 aliphatic heterocycles. The van der Waals surface area contributed by atoms with Gasteiger partial charge in [0.05, 0.1) is 20.2 Å². The van der Waals surface area contributed by atoms with Gasteiger partial charge in [0.2, 0.25) is 5.91 Å². The third-order valence-electron chi connectivity index (χ3n) is 4.81. The van der Waals surface area contributed by atoms with Crippen LogP contribution in [0.5, 0.6) is 5.75 Å². The average Bonchev–Trinajstić information content (AvgIpc) is 3.22. The monoisotopic (exact) mass is 384 g/mol. The van der Waals surface area contributed by atoms with Gasteiger partial charge < -0.3 is 19.9 Å². The Labute approximate surface area is 163 Å². The molecule has 4 amide bonds. The van der Waals surface area contributed by atoms with Crippen LogP contribution in [0.1, 0.15) is 24.1 Å². The van der Waals surface area contributed by atoms with Crippen LogP contribution in [-0.4, -0.2) is 40.5 Å². The van der Waals surface area contributed by atoms with Gasteiger partial charge in [0, 0.05) is 30.9 Å². The fourth-order valence-electron chi connectivity index (χ4n) is 3.16. The number of hydrogen-bond acceptors (Lipinski definition) is 4. The number of hydrogen-bond donors (Lipinski definition) is 2. The molecule has 1 saturated heterocycles. The average molecular weight is 384 g/mol. The molecule has 1 atom stereocenters. The maximum absolute atomic E-state index is 12.6. The van der Waals surface area contributed by atoms with Crippen LogP contribution in [0.2, 0.25) is 0 Å². The topological polar surface area (TPSA) is 92.7 Å². The van der Waals surface area contributed by atoms with E-state index in [0.717, 1.165) is 16.2 Å². The van der Waals surface area contributed by atoms with Gasteiger partial charge in [0.25, 0.3) is 5.91 Å². The van der Waals surface area contributed by atoms with Gasteiger partial charge in [-0.25, -0.2) is 4.79 Å². The van der Waals surface area contributed by atoms with Crippen molar-refractivity contribution in [3.8, 4) is 5.75 Å². The number of aromatic nitrogens is 1. The number of nitrogens with zero attached hydrogens (tertiary/aromatic N) is 2. The molecule has 1 fully saturated rings. The number of rotatable bonds is 8. The van der Waals surface area contributed by atoms with E-state index < -0.39 is 12.1 Å². The molecule has 8 heteroatoms. The maximum Gasteiger partial charge on any atom is 0.325 e. The Morgan fingerprint density at radius 3 is 2.71 bits per heavy atom. The first-order valence-corrected chi connectivity index (χ1v) is 9.10. The first-order valence-electron chi connectivity index (χ1n) is 9.10. The standard InChI is InChI=1S/C20H24N4O4/c1-23-11-5-7-15(23)12-21-18(25)10-9-16-19(26)24(20(27)22-16)13-14-6-3-4-8-17(14)28-2/h3-8,11,16H,9-10,12-13H2,1-2H3,(H,21,25)(H,22,27)/t16-/m1/s1. The molecule has 3 rings (SSSR count). The van der Waals surface area contributed by atoms with E-state index in [0.29, 0.717) is 12.3 Å². The van der Waals surface area contributed by atoms with Gasteiger partial charge in [-0.05, 0) is 24.6 Å². The molecule has 1 aliphatic rings. The number of nitrogens with one attached hydrogen (secondary N) is 2. The van der Waals surface area contributed by atoms with Crippen LogP contribution in [0.4, 0.5) is 4.79 Å². The number of aryl methyl sites for hydroxylation is 1. The molecule has 8 nitrogen and oxygen atoms in total. The third kappa shape index (κ3) is 4.33. The number of para-hydroxylation sites is 1. The summed E-state index contributed by atoms with van der Waals surface area (Å²) < 4.78 is 7.20. The molecule has 1 aromatic heterocycles. The zero-order valence-corrected chi connectivity index (χ0v) is 16.0. The zero-order chi connectivity index (χ0) is 20.1. The molecule has 0 aliphatic carbocycles. The normalized spacial score (nSPS) is 16.2. The highest BCUT2D eigenvalue weighted by Crippen LogP contribution is 2.22. The van der Waals surface area contributed by atoms with Gasteiger partial charge in [-0.3, -0.25) is 14.5 Å². The van der Waals surface area contributed by atoms with Crippen molar-refractivity contribution in [2.45, 2.75) is 32.0 Å². The smallest absolute Gasteiger partial charge is 0.325 e. The van der Waals surface area contributed by atoms with Crippen molar-refractivity contribution in [2.75, 3.05) is 7.11 Å². The third-order valence-corrected chi connectivity index (χ3v) is 4.81. The van der Waals surface area contributed by atoms with Crippen molar-refractivity contribution in [1.29, 1.82) is 0 Å². The summed E-state index contributed by atoms with van der Waals surface area (Å²) in [6, 6.07) is 9.93. The minimum atomic E-state index is -0.692. The Morgan fingerprint density at radius 2 is 2.00 bits per heavy atom. The zero-order valence-electron chi connectivity index (χ0n) is 16.0. The first-order chi connectivity index (χ1) is 13.5. The predicted molar refractivity (Wildman–Crippen MR) is 102 cm³/mol. The molecule has 28 heavy (non-hydrogen) atoms. The summed E-state index contributed by atoms with van der Waals surface area (Å²) in [7, 11) is 3.45. The molecule has 148 valence electrons. The highest BCUT2D eigenvalue weighted by Gasteiger charge is 2.38. The van der Waals surface area contributed by atoms with Gasteiger partial charge in [-0.2, -0.15) is 0 Å². The lowest BCUT2D eigenvalue weighted by Gasteiger charge is -2.15. The highest BCUT2D eigenvalue weighted by atomic mass is 16.5. The Morgan fingerprint density at radius 1 is 1.21 bits per heavy atom. The second kappa shape index (κ2) is 8.60. The van der Waals surface area contributed by atoms with E-state index in [9.17, 15) is 14.4 Å². The Balaban J connectivity index is 1.52. The molecular weight excluding hydrogens is 360 g/mol. The highest BCUT2D eigenvalue weighted by molar-refractivity contribution is 6.04. The van der Waals surface area contributed by atoms with Gasteiger partial charge in [-0.15, -0.1) is 0 Å². The SMILES string of the molecule is COc1ccccc1CN1C(=O)N[C@H](CCC(=O)NCc2cccn2C)C1=O. The molecule has 0 spiro atoms. The van der Waals surface area contributed by atoms with E-state index in [1.165, 1.54) is 0 Å². The minimum Gasteiger partial charge on any atom is -0.496 e. The van der Waals surface area contributed by atoms with Crippen LogP contribution in [0, 0.1) is 0 Å². The van der Waals surface area contributed by atoms with E-state index in [2.05, 4.69) is 10.6 Å². The Bertz CT molecular complexity index is 877. The summed E-state index contributed by atoms with van der Waals surface area (Å²) in [6.45, 7) is 0.554. The van der Waals surface area contributed by atoms with Crippen molar-refractivity contribution in [3.05, 3.63) is 53.9 Å². The van der Waals surface area contributed by atoms with E-state index in [1.807, 2.05) is 48.1 Å². The molecule has 2 aromatic rings. The van der Waals surface area contributed by atoms with Crippen LogP contribution in [-0.2, 0) is 29.7 Å². The van der Waals surface area contributed by atoms with E-state index in [1.54, 1.807) is 13.2 Å². The number of carbonyl (C=O) groups excluding carboxylic acids is 3. The van der Waals surface area contributed by atoms with Crippen molar-refractivity contribution in [3.63, 3.8) is 0 Å². The molecule has 0 unspecified atom stereocenters. The van der Waals surface area contributed by atoms with E-state index in [4.69, 9.17) is 4.74 Å². The number of carbonyl (C=O) groups is 3. The summed E-state index contributed by atoms with van der Waals surface area (Å²) >= 11 is 0. The number of urea groups is 1. The molecule has 2 N–H and O–H groups in total. The minimum absolute atomic E-state index is 0.130. The van der Waals surface area contributed by atoms with Gasteiger partial charge in [0.15, 0.2) is 0 Å². The molecule has 0 saturated carbocycles. The van der Waals surface area contributed by atoms with Crippen molar-refractivity contribution in [2.24, 2.45) is 7.05 Å². The fraction of sp³-hybridized carbons (Fsp3) is 0.350. The first kappa shape index (κ1) is 19.5. The second-order valence-electron chi connectivity index (χ2n) is 6.66. The van der Waals surface area contributed by atoms with Crippen molar-refractivity contribution >= 4 is 17.8 Å². The number of imide groups is 1. The predicted octanol–water partition coefficient (Wildman–Crippen LogP) is 1.55. The molecule has 1 aromatic carbocycles. The van der Waals surface area contributed by atoms with E-state index in [-0.39, 0.29) is 31.2 Å². The van der Waals surface area contributed by atoms with Crippen molar-refractivity contribution < 1.29 is 19.1 Å². The van der Waals surface area contributed by atoms with Crippen LogP contribution in [0.25, 0.3) is 0 Å². The van der Waals surface area contributed by atoms with Crippen LogP contribution < -0.4 is 15.4 Å². The van der Waals surface area contributed by atoms with Crippen LogP contribution in [0.3, 0.4) is 0 Å². The Kier molecular flexibility index (Phi) is 5.98. The summed E-state index contributed by atoms with van der Waals surface area (Å²) in [5.41, 5.74) is 1.73. The summed E-state index contributed by atoms with van der Waals surface area (Å²) in [5.74, 6) is 0.129. The van der Waals surface area contributed by atoms with Gasteiger partial charge >= 0.3 is 6.03 Å². The quantitative estimate of drug-likeness (QED) is 0.676. The van der Waals surface area contributed by atoms with Crippen LogP contribution >= 0.6 is 0 Å². The number of amides is 4. The number of ether oxygens (including phenoxy) is 1. The van der Waals surface area contributed by atoms with Gasteiger partial charge in [0.1, 0.15) is 11.8 Å². The van der Waals surface area contributed by atoms with Crippen molar-refractivity contribution in [1.82, 2.24) is 20.1 Å². The summed E-state index contributed by atoms with van der Waals surface area (Å²) in [4.78, 5) is 38.0. The number of benzene rings is 1. The number of methoxy groups -OCH3 is 1.